The van der Waals surface area contributed by atoms with Crippen LogP contribution in [0.3, 0.4) is 0 Å². The fourth-order valence-electron chi connectivity index (χ4n) is 4.12. The first-order valence-corrected chi connectivity index (χ1v) is 13.7. The van der Waals surface area contributed by atoms with Crippen molar-refractivity contribution in [3.05, 3.63) is 114 Å². The van der Waals surface area contributed by atoms with Gasteiger partial charge in [-0.3, -0.25) is 4.79 Å². The fraction of sp³-hybridized carbons (Fsp3) is 0.133. The lowest BCUT2D eigenvalue weighted by atomic mass is 10.2. The molecule has 0 aliphatic carbocycles. The first kappa shape index (κ1) is 25.4. The molecule has 38 heavy (non-hydrogen) atoms. The highest BCUT2D eigenvalue weighted by molar-refractivity contribution is 7.89. The summed E-state index contributed by atoms with van der Waals surface area (Å²) in [6.45, 7) is 3.96. The Morgan fingerprint density at radius 1 is 0.868 bits per heavy atom. The molecule has 0 bridgehead atoms. The molecular formula is C30H27N3O4S. The van der Waals surface area contributed by atoms with Gasteiger partial charge in [0.1, 0.15) is 5.52 Å². The summed E-state index contributed by atoms with van der Waals surface area (Å²) < 4.78 is 34.0. The lowest BCUT2D eigenvalue weighted by molar-refractivity contribution is 0.102. The van der Waals surface area contributed by atoms with Gasteiger partial charge < -0.3 is 9.73 Å². The molecule has 0 fully saturated rings. The number of nitrogens with one attached hydrogen (secondary N) is 1. The second-order valence-electron chi connectivity index (χ2n) is 9.17. The molecule has 1 N–H and O–H groups in total. The molecule has 0 saturated heterocycles. The first-order valence-electron chi connectivity index (χ1n) is 12.2. The number of aromatic nitrogens is 1. The van der Waals surface area contributed by atoms with Crippen LogP contribution in [-0.2, 0) is 16.6 Å². The summed E-state index contributed by atoms with van der Waals surface area (Å²) in [5, 5.41) is 2.85. The third-order valence-corrected chi connectivity index (χ3v) is 8.20. The minimum atomic E-state index is -3.75. The number of rotatable bonds is 8. The van der Waals surface area contributed by atoms with E-state index in [1.165, 1.54) is 28.6 Å². The highest BCUT2D eigenvalue weighted by Gasteiger charge is 2.27. The monoisotopic (exact) mass is 525 g/mol. The Hall–Kier alpha value is -4.27. The van der Waals surface area contributed by atoms with Crippen molar-refractivity contribution in [2.75, 3.05) is 5.32 Å². The van der Waals surface area contributed by atoms with E-state index in [2.05, 4.69) is 10.3 Å². The van der Waals surface area contributed by atoms with Crippen molar-refractivity contribution >= 4 is 32.7 Å². The number of hydrogen-bond acceptors (Lipinski definition) is 5. The van der Waals surface area contributed by atoms with Crippen LogP contribution in [0, 0.1) is 0 Å². The molecule has 0 aliphatic rings. The summed E-state index contributed by atoms with van der Waals surface area (Å²) >= 11 is 0. The Bertz CT molecular complexity index is 1630. The van der Waals surface area contributed by atoms with Gasteiger partial charge in [-0.05, 0) is 80.1 Å². The summed E-state index contributed by atoms with van der Waals surface area (Å²) in [5.41, 5.74) is 4.14. The van der Waals surface area contributed by atoms with E-state index in [9.17, 15) is 13.2 Å². The van der Waals surface area contributed by atoms with Gasteiger partial charge in [0.2, 0.25) is 15.9 Å². The third kappa shape index (κ3) is 5.37. The smallest absolute Gasteiger partial charge is 0.255 e. The standard InChI is InChI=1S/C30H27N3O4S/c1-21(2)33(20-22-8-4-3-5-9-22)38(35,36)26-18-14-23(15-19-26)29(34)31-25-16-12-24(13-17-25)30-32-27-10-6-7-11-28(27)37-30/h3-19,21H,20H2,1-2H3,(H,31,34). The molecule has 8 heteroatoms. The van der Waals surface area contributed by atoms with Crippen LogP contribution in [0.4, 0.5) is 5.69 Å². The molecule has 0 aliphatic heterocycles. The van der Waals surface area contributed by atoms with Crippen molar-refractivity contribution in [1.82, 2.24) is 9.29 Å². The first-order chi connectivity index (χ1) is 18.3. The van der Waals surface area contributed by atoms with Gasteiger partial charge in [-0.15, -0.1) is 0 Å². The van der Waals surface area contributed by atoms with E-state index in [0.717, 1.165) is 16.6 Å². The van der Waals surface area contributed by atoms with E-state index in [1.54, 1.807) is 12.1 Å². The van der Waals surface area contributed by atoms with E-state index < -0.39 is 10.0 Å². The minimum Gasteiger partial charge on any atom is -0.436 e. The van der Waals surface area contributed by atoms with E-state index >= 15 is 0 Å². The molecule has 1 heterocycles. The highest BCUT2D eigenvalue weighted by atomic mass is 32.2. The zero-order valence-electron chi connectivity index (χ0n) is 21.0. The van der Waals surface area contributed by atoms with Crippen molar-refractivity contribution < 1.29 is 17.6 Å². The van der Waals surface area contributed by atoms with Crippen molar-refractivity contribution in [1.29, 1.82) is 0 Å². The van der Waals surface area contributed by atoms with Crippen molar-refractivity contribution in [2.45, 2.75) is 31.3 Å². The van der Waals surface area contributed by atoms with Gasteiger partial charge in [0.15, 0.2) is 5.58 Å². The molecule has 1 aromatic heterocycles. The molecule has 0 unspecified atom stereocenters. The topological polar surface area (TPSA) is 92.5 Å². The van der Waals surface area contributed by atoms with Crippen LogP contribution in [0.2, 0.25) is 0 Å². The molecule has 0 radical (unpaired) electrons. The molecule has 5 aromatic rings. The number of carbonyl (C=O) groups excluding carboxylic acids is 1. The minimum absolute atomic E-state index is 0.140. The average Bonchev–Trinajstić information content (AvgIpc) is 3.37. The number of hydrogen-bond donors (Lipinski definition) is 1. The van der Waals surface area contributed by atoms with Gasteiger partial charge in [0.25, 0.3) is 5.91 Å². The molecule has 0 saturated carbocycles. The third-order valence-electron chi connectivity index (χ3n) is 6.16. The Kier molecular flexibility index (Phi) is 7.09. The molecule has 7 nitrogen and oxygen atoms in total. The molecule has 0 atom stereocenters. The van der Waals surface area contributed by atoms with Gasteiger partial charge in [0, 0.05) is 29.4 Å². The Morgan fingerprint density at radius 3 is 2.18 bits per heavy atom. The SMILES string of the molecule is CC(C)N(Cc1ccccc1)S(=O)(=O)c1ccc(C(=O)Nc2ccc(-c3nc4ccccc4o3)cc2)cc1. The zero-order valence-corrected chi connectivity index (χ0v) is 21.9. The molecule has 192 valence electrons. The van der Waals surface area contributed by atoms with Gasteiger partial charge in [0.05, 0.1) is 4.90 Å². The number of fused-ring (bicyclic) bond motifs is 1. The summed E-state index contributed by atoms with van der Waals surface area (Å²) in [7, 11) is -3.75. The van der Waals surface area contributed by atoms with Crippen molar-refractivity contribution in [3.63, 3.8) is 0 Å². The highest BCUT2D eigenvalue weighted by Crippen LogP contribution is 2.26. The normalized spacial score (nSPS) is 11.8. The zero-order chi connectivity index (χ0) is 26.7. The maximum atomic E-state index is 13.4. The van der Waals surface area contributed by atoms with Crippen LogP contribution in [0.15, 0.2) is 112 Å². The van der Waals surface area contributed by atoms with E-state index in [0.29, 0.717) is 22.7 Å². The van der Waals surface area contributed by atoms with E-state index in [4.69, 9.17) is 4.42 Å². The number of oxazole rings is 1. The number of benzene rings is 4. The second-order valence-corrected chi connectivity index (χ2v) is 11.1. The Labute approximate surface area is 221 Å². The number of amides is 1. The molecular weight excluding hydrogens is 498 g/mol. The summed E-state index contributed by atoms with van der Waals surface area (Å²) in [6.07, 6.45) is 0. The number of anilines is 1. The van der Waals surface area contributed by atoms with Gasteiger partial charge in [-0.1, -0.05) is 42.5 Å². The summed E-state index contributed by atoms with van der Waals surface area (Å²) in [4.78, 5) is 17.5. The van der Waals surface area contributed by atoms with Gasteiger partial charge in [-0.2, -0.15) is 4.31 Å². The quantitative estimate of drug-likeness (QED) is 0.255. The predicted molar refractivity (Wildman–Crippen MR) is 148 cm³/mol. The Balaban J connectivity index is 1.28. The molecule has 0 spiro atoms. The van der Waals surface area contributed by atoms with E-state index in [-0.39, 0.29) is 23.4 Å². The van der Waals surface area contributed by atoms with Crippen molar-refractivity contribution in [2.24, 2.45) is 0 Å². The maximum Gasteiger partial charge on any atom is 0.255 e. The van der Waals surface area contributed by atoms with Crippen LogP contribution in [0.1, 0.15) is 29.8 Å². The van der Waals surface area contributed by atoms with Crippen molar-refractivity contribution in [3.8, 4) is 11.5 Å². The molecule has 5 rings (SSSR count). The lowest BCUT2D eigenvalue weighted by Crippen LogP contribution is -2.36. The van der Waals surface area contributed by atoms with Crippen LogP contribution in [0.5, 0.6) is 0 Å². The average molecular weight is 526 g/mol. The maximum absolute atomic E-state index is 13.4. The van der Waals surface area contributed by atoms with Gasteiger partial charge in [-0.25, -0.2) is 13.4 Å². The van der Waals surface area contributed by atoms with Gasteiger partial charge >= 0.3 is 0 Å². The largest absolute Gasteiger partial charge is 0.436 e. The number of nitrogens with zero attached hydrogens (tertiary/aromatic N) is 2. The number of sulfonamides is 1. The molecule has 4 aromatic carbocycles. The van der Waals surface area contributed by atoms with Crippen LogP contribution in [-0.4, -0.2) is 29.7 Å². The predicted octanol–water partition coefficient (Wildman–Crippen LogP) is 6.35. The van der Waals surface area contributed by atoms with Crippen LogP contribution in [0.25, 0.3) is 22.6 Å². The Morgan fingerprint density at radius 2 is 1.53 bits per heavy atom. The number of para-hydroxylation sites is 2. The second kappa shape index (κ2) is 10.6. The summed E-state index contributed by atoms with van der Waals surface area (Å²) in [5.74, 6) is 0.164. The number of carbonyl (C=O) groups is 1. The van der Waals surface area contributed by atoms with E-state index in [1.807, 2.05) is 80.6 Å². The van der Waals surface area contributed by atoms with Crippen LogP contribution >= 0.6 is 0 Å². The lowest BCUT2D eigenvalue weighted by Gasteiger charge is -2.26. The van der Waals surface area contributed by atoms with Crippen LogP contribution < -0.4 is 5.32 Å². The summed E-state index contributed by atoms with van der Waals surface area (Å²) in [6, 6.07) is 30.0. The fourth-order valence-corrected chi connectivity index (χ4v) is 5.74. The molecule has 1 amide bonds.